The van der Waals surface area contributed by atoms with Crippen molar-refractivity contribution in [1.82, 2.24) is 0 Å². The predicted molar refractivity (Wildman–Crippen MR) is 47.0 cm³/mol. The third kappa shape index (κ3) is 2.77. The third-order valence-corrected chi connectivity index (χ3v) is 2.85. The number of phosphoric acid groups is 1. The largest absolute Gasteiger partial charge is 0.470 e. The number of aliphatic hydroxyl groups is 5. The Bertz CT molecular complexity index is 274. The first-order chi connectivity index (χ1) is 7.15. The molecule has 1 saturated carbocycles. The molecular weight excluding hydrogens is 247 g/mol. The average molecular weight is 260 g/mol. The van der Waals surface area contributed by atoms with E-state index in [-0.39, 0.29) is 0 Å². The van der Waals surface area contributed by atoms with E-state index in [0.717, 1.165) is 0 Å². The Labute approximate surface area is 89.8 Å². The zero-order valence-corrected chi connectivity index (χ0v) is 8.75. The molecule has 0 bridgehead atoms. The van der Waals surface area contributed by atoms with Crippen LogP contribution >= 0.6 is 7.82 Å². The molecule has 0 aliphatic heterocycles. The lowest BCUT2D eigenvalue weighted by molar-refractivity contribution is -0.219. The van der Waals surface area contributed by atoms with Gasteiger partial charge in [-0.05, 0) is 0 Å². The van der Waals surface area contributed by atoms with E-state index in [4.69, 9.17) is 14.9 Å². The Morgan fingerprint density at radius 3 is 1.38 bits per heavy atom. The van der Waals surface area contributed by atoms with Gasteiger partial charge in [-0.15, -0.1) is 0 Å². The molecular formula is C6H13O9P. The molecule has 1 rings (SSSR count). The quantitative estimate of drug-likeness (QED) is 0.247. The second-order valence-electron chi connectivity index (χ2n) is 3.51. The first-order valence-corrected chi connectivity index (χ1v) is 5.82. The Kier molecular flexibility index (Phi) is 4.06. The van der Waals surface area contributed by atoms with Crippen molar-refractivity contribution in [2.75, 3.05) is 0 Å². The summed E-state index contributed by atoms with van der Waals surface area (Å²) < 4.78 is 14.5. The molecule has 10 heteroatoms. The van der Waals surface area contributed by atoms with E-state index in [1.165, 1.54) is 0 Å². The highest BCUT2D eigenvalue weighted by atomic mass is 31.2. The summed E-state index contributed by atoms with van der Waals surface area (Å²) in [5.74, 6) is 0. The zero-order chi connectivity index (χ0) is 12.7. The fourth-order valence-corrected chi connectivity index (χ4v) is 2.05. The van der Waals surface area contributed by atoms with Gasteiger partial charge in [-0.3, -0.25) is 4.52 Å². The van der Waals surface area contributed by atoms with Crippen molar-refractivity contribution in [1.29, 1.82) is 0 Å². The number of phosphoric ester groups is 1. The summed E-state index contributed by atoms with van der Waals surface area (Å²) in [6.45, 7) is 0. The summed E-state index contributed by atoms with van der Waals surface area (Å²) >= 11 is 0. The van der Waals surface area contributed by atoms with Gasteiger partial charge >= 0.3 is 7.82 Å². The molecule has 0 spiro atoms. The zero-order valence-electron chi connectivity index (χ0n) is 7.86. The first kappa shape index (κ1) is 14.0. The molecule has 0 aromatic carbocycles. The maximum Gasteiger partial charge on any atom is 0.470 e. The molecule has 1 aliphatic rings. The van der Waals surface area contributed by atoms with E-state index in [9.17, 15) is 25.0 Å². The van der Waals surface area contributed by atoms with E-state index in [2.05, 4.69) is 4.52 Å². The molecule has 9 nitrogen and oxygen atoms in total. The van der Waals surface area contributed by atoms with Gasteiger partial charge in [-0.1, -0.05) is 0 Å². The summed E-state index contributed by atoms with van der Waals surface area (Å²) in [5, 5.41) is 46.1. The molecule has 0 heterocycles. The van der Waals surface area contributed by atoms with Crippen LogP contribution in [0.25, 0.3) is 0 Å². The fourth-order valence-electron chi connectivity index (χ4n) is 1.48. The van der Waals surface area contributed by atoms with Crippen LogP contribution in [0, 0.1) is 0 Å². The Morgan fingerprint density at radius 1 is 0.750 bits per heavy atom. The smallest absolute Gasteiger partial charge is 0.387 e. The molecule has 0 aromatic rings. The summed E-state index contributed by atoms with van der Waals surface area (Å²) in [6, 6.07) is 0. The minimum absolute atomic E-state index is 1.83. The minimum Gasteiger partial charge on any atom is -0.387 e. The normalized spacial score (nSPS) is 45.7. The van der Waals surface area contributed by atoms with Crippen LogP contribution in [0.5, 0.6) is 0 Å². The number of rotatable bonds is 2. The van der Waals surface area contributed by atoms with Crippen LogP contribution in [-0.2, 0) is 9.09 Å². The molecule has 96 valence electrons. The number of hydrogen-bond acceptors (Lipinski definition) is 7. The van der Waals surface area contributed by atoms with Gasteiger partial charge in [0.25, 0.3) is 0 Å². The van der Waals surface area contributed by atoms with Gasteiger partial charge in [0.15, 0.2) is 0 Å². The van der Waals surface area contributed by atoms with Crippen LogP contribution < -0.4 is 0 Å². The molecule has 6 atom stereocenters. The standard InChI is InChI=1S/C6H13O9P/c7-1-2(8)4(10)6(5(11)3(1)9)15-16(12,13)14/h1-11H,(H2,12,13,14)/t1-,2+,3-,4+,5-,6+. The van der Waals surface area contributed by atoms with Crippen LogP contribution in [0.15, 0.2) is 0 Å². The monoisotopic (exact) mass is 260 g/mol. The van der Waals surface area contributed by atoms with Crippen LogP contribution in [0.3, 0.4) is 0 Å². The fraction of sp³-hybridized carbons (Fsp3) is 1.00. The molecule has 0 aromatic heterocycles. The highest BCUT2D eigenvalue weighted by molar-refractivity contribution is 7.46. The Hall–Kier alpha value is -0.0900. The summed E-state index contributed by atoms with van der Waals surface area (Å²) in [4.78, 5) is 17.0. The molecule has 0 unspecified atom stereocenters. The third-order valence-electron chi connectivity index (χ3n) is 2.33. The molecule has 0 radical (unpaired) electrons. The van der Waals surface area contributed by atoms with Crippen molar-refractivity contribution in [2.45, 2.75) is 36.6 Å². The lowest BCUT2D eigenvalue weighted by atomic mass is 9.85. The molecule has 1 fully saturated rings. The van der Waals surface area contributed by atoms with Crippen LogP contribution in [0.1, 0.15) is 0 Å². The van der Waals surface area contributed by atoms with E-state index in [0.29, 0.717) is 0 Å². The summed E-state index contributed by atoms with van der Waals surface area (Å²) in [7, 11) is -5.01. The minimum atomic E-state index is -5.01. The maximum atomic E-state index is 10.5. The van der Waals surface area contributed by atoms with Gasteiger partial charge in [0, 0.05) is 0 Å². The van der Waals surface area contributed by atoms with Gasteiger partial charge in [-0.2, -0.15) is 0 Å². The first-order valence-electron chi connectivity index (χ1n) is 4.29. The number of aliphatic hydroxyl groups excluding tert-OH is 5. The average Bonchev–Trinajstić information content (AvgIpc) is 2.17. The van der Waals surface area contributed by atoms with Crippen molar-refractivity contribution < 1.29 is 44.4 Å². The maximum absolute atomic E-state index is 10.5. The molecule has 7 N–H and O–H groups in total. The van der Waals surface area contributed by atoms with E-state index in [1.807, 2.05) is 0 Å². The van der Waals surface area contributed by atoms with Crippen molar-refractivity contribution in [3.05, 3.63) is 0 Å². The second kappa shape index (κ2) is 4.65. The van der Waals surface area contributed by atoms with E-state index in [1.54, 1.807) is 0 Å². The summed E-state index contributed by atoms with van der Waals surface area (Å²) in [6.07, 6.45) is -11.3. The van der Waals surface area contributed by atoms with Crippen molar-refractivity contribution in [3.8, 4) is 0 Å². The van der Waals surface area contributed by atoms with Crippen LogP contribution in [0.2, 0.25) is 0 Å². The van der Waals surface area contributed by atoms with Crippen LogP contribution in [-0.4, -0.2) is 71.9 Å². The van der Waals surface area contributed by atoms with Gasteiger partial charge in [0.05, 0.1) is 0 Å². The van der Waals surface area contributed by atoms with Gasteiger partial charge in [0.1, 0.15) is 36.6 Å². The Morgan fingerprint density at radius 2 is 1.06 bits per heavy atom. The van der Waals surface area contributed by atoms with Gasteiger partial charge in [-0.25, -0.2) is 4.57 Å². The highest BCUT2D eigenvalue weighted by Crippen LogP contribution is 2.41. The molecule has 0 amide bonds. The Balaban J connectivity index is 2.87. The lowest BCUT2D eigenvalue weighted by Gasteiger charge is -2.41. The van der Waals surface area contributed by atoms with E-state index < -0.39 is 44.4 Å². The van der Waals surface area contributed by atoms with Gasteiger partial charge < -0.3 is 35.3 Å². The van der Waals surface area contributed by atoms with Crippen molar-refractivity contribution in [2.24, 2.45) is 0 Å². The van der Waals surface area contributed by atoms with E-state index >= 15 is 0 Å². The highest BCUT2D eigenvalue weighted by Gasteiger charge is 2.50. The van der Waals surface area contributed by atoms with Crippen molar-refractivity contribution in [3.63, 3.8) is 0 Å². The lowest BCUT2D eigenvalue weighted by Crippen LogP contribution is -2.64. The molecule has 16 heavy (non-hydrogen) atoms. The van der Waals surface area contributed by atoms with Gasteiger partial charge in [0.2, 0.25) is 0 Å². The second-order valence-corrected chi connectivity index (χ2v) is 4.71. The van der Waals surface area contributed by atoms with Crippen molar-refractivity contribution >= 4 is 7.82 Å². The van der Waals surface area contributed by atoms with Crippen LogP contribution in [0.4, 0.5) is 0 Å². The molecule has 0 saturated heterocycles. The summed E-state index contributed by atoms with van der Waals surface area (Å²) in [5.41, 5.74) is 0. The topological polar surface area (TPSA) is 168 Å². The number of hydrogen-bond donors (Lipinski definition) is 7. The predicted octanol–water partition coefficient (Wildman–Crippen LogP) is -3.72. The molecule has 1 aliphatic carbocycles. The SMILES string of the molecule is O=P(O)(O)O[C@@H]1[C@H](O)[C@H](O)[C@H](O)[C@H](O)[C@@H]1O.